The Hall–Kier alpha value is -1.40. The summed E-state index contributed by atoms with van der Waals surface area (Å²) >= 11 is 1.19. The van der Waals surface area contributed by atoms with Crippen LogP contribution < -0.4 is 10.5 Å². The maximum atomic E-state index is 11.7. The SMILES string of the molecule is Cc1cc(C(=O)NCCS(N)(=O)=O)sc1C#CCO. The van der Waals surface area contributed by atoms with Gasteiger partial charge in [-0.1, -0.05) is 11.8 Å². The van der Waals surface area contributed by atoms with E-state index < -0.39 is 10.0 Å². The summed E-state index contributed by atoms with van der Waals surface area (Å²) in [6, 6.07) is 1.67. The van der Waals surface area contributed by atoms with Gasteiger partial charge in [0.05, 0.1) is 15.5 Å². The second-order valence-corrected chi connectivity index (χ2v) is 6.49. The van der Waals surface area contributed by atoms with Crippen molar-refractivity contribution in [3.63, 3.8) is 0 Å². The number of thiophene rings is 1. The average Bonchev–Trinajstić information content (AvgIpc) is 2.66. The lowest BCUT2D eigenvalue weighted by Crippen LogP contribution is -2.31. The molecule has 0 unspecified atom stereocenters. The molecule has 1 amide bonds. The molecule has 1 aromatic heterocycles. The van der Waals surface area contributed by atoms with Crippen LogP contribution in [-0.4, -0.2) is 38.3 Å². The smallest absolute Gasteiger partial charge is 0.261 e. The summed E-state index contributed by atoms with van der Waals surface area (Å²) in [5.74, 6) is 4.58. The maximum absolute atomic E-state index is 11.7. The van der Waals surface area contributed by atoms with E-state index >= 15 is 0 Å². The molecule has 104 valence electrons. The van der Waals surface area contributed by atoms with Gasteiger partial charge in [-0.3, -0.25) is 4.79 Å². The lowest BCUT2D eigenvalue weighted by atomic mass is 10.2. The third-order valence-corrected chi connectivity index (χ3v) is 4.02. The average molecular weight is 302 g/mol. The highest BCUT2D eigenvalue weighted by atomic mass is 32.2. The number of nitrogens with one attached hydrogen (secondary N) is 1. The van der Waals surface area contributed by atoms with Crippen LogP contribution >= 0.6 is 11.3 Å². The number of aliphatic hydroxyl groups excluding tert-OH is 1. The number of primary sulfonamides is 1. The van der Waals surface area contributed by atoms with E-state index in [1.165, 1.54) is 11.3 Å². The number of carbonyl (C=O) groups is 1. The van der Waals surface area contributed by atoms with E-state index in [-0.39, 0.29) is 24.8 Å². The van der Waals surface area contributed by atoms with Gasteiger partial charge in [0.2, 0.25) is 10.0 Å². The van der Waals surface area contributed by atoms with Gasteiger partial charge in [0.25, 0.3) is 5.91 Å². The van der Waals surface area contributed by atoms with E-state index in [0.29, 0.717) is 9.75 Å². The number of hydrogen-bond acceptors (Lipinski definition) is 5. The van der Waals surface area contributed by atoms with E-state index in [9.17, 15) is 13.2 Å². The molecule has 0 radical (unpaired) electrons. The van der Waals surface area contributed by atoms with Crippen LogP contribution in [0.1, 0.15) is 20.1 Å². The van der Waals surface area contributed by atoms with E-state index in [2.05, 4.69) is 17.2 Å². The highest BCUT2D eigenvalue weighted by Crippen LogP contribution is 2.20. The zero-order valence-electron chi connectivity index (χ0n) is 10.3. The lowest BCUT2D eigenvalue weighted by Gasteiger charge is -2.01. The fraction of sp³-hybridized carbons (Fsp3) is 0.364. The molecule has 0 aliphatic heterocycles. The first-order valence-corrected chi connectivity index (χ1v) is 7.85. The Morgan fingerprint density at radius 2 is 2.26 bits per heavy atom. The molecule has 4 N–H and O–H groups in total. The number of rotatable bonds is 4. The molecule has 0 saturated heterocycles. The quantitative estimate of drug-likeness (QED) is 0.646. The number of aryl methyl sites for hydroxylation is 1. The molecule has 19 heavy (non-hydrogen) atoms. The summed E-state index contributed by atoms with van der Waals surface area (Å²) in [4.78, 5) is 12.9. The normalized spacial score (nSPS) is 10.7. The third kappa shape index (κ3) is 5.40. The minimum atomic E-state index is -3.58. The minimum absolute atomic E-state index is 0.0355. The topological polar surface area (TPSA) is 109 Å². The predicted molar refractivity (Wildman–Crippen MR) is 73.3 cm³/mol. The number of carbonyl (C=O) groups excluding carboxylic acids is 1. The van der Waals surface area contributed by atoms with Crippen molar-refractivity contribution >= 4 is 27.3 Å². The van der Waals surface area contributed by atoms with Crippen LogP contribution in [0, 0.1) is 18.8 Å². The molecule has 0 fully saturated rings. The molecule has 0 atom stereocenters. The maximum Gasteiger partial charge on any atom is 0.261 e. The van der Waals surface area contributed by atoms with Gasteiger partial charge in [0.15, 0.2) is 0 Å². The van der Waals surface area contributed by atoms with Crippen molar-refractivity contribution in [3.05, 3.63) is 21.4 Å². The molecular weight excluding hydrogens is 288 g/mol. The van der Waals surface area contributed by atoms with Gasteiger partial charge in [0, 0.05) is 6.54 Å². The zero-order chi connectivity index (χ0) is 14.5. The van der Waals surface area contributed by atoms with E-state index in [1.807, 2.05) is 0 Å². The predicted octanol–water partition coefficient (Wildman–Crippen LogP) is -0.581. The van der Waals surface area contributed by atoms with Crippen molar-refractivity contribution in [1.82, 2.24) is 5.32 Å². The zero-order valence-corrected chi connectivity index (χ0v) is 11.9. The second-order valence-electron chi connectivity index (χ2n) is 3.71. The van der Waals surface area contributed by atoms with Gasteiger partial charge < -0.3 is 10.4 Å². The molecule has 0 aliphatic carbocycles. The van der Waals surface area contributed by atoms with Gasteiger partial charge in [-0.05, 0) is 18.6 Å². The first-order chi connectivity index (χ1) is 8.83. The molecule has 1 aromatic rings. The second kappa shape index (κ2) is 6.68. The van der Waals surface area contributed by atoms with E-state index in [0.717, 1.165) is 5.56 Å². The first-order valence-electron chi connectivity index (χ1n) is 5.32. The summed E-state index contributed by atoms with van der Waals surface area (Å²) in [5.41, 5.74) is 0.836. The standard InChI is InChI=1S/C11H14N2O4S2/c1-8-7-10(18-9(8)3-2-5-14)11(15)13-4-6-19(12,16)17/h7,14H,4-6H2,1H3,(H,13,15)(H2,12,16,17). The summed E-state index contributed by atoms with van der Waals surface area (Å²) in [5, 5.41) is 15.9. The molecule has 0 aromatic carbocycles. The Balaban J connectivity index is 2.68. The molecule has 1 heterocycles. The number of sulfonamides is 1. The van der Waals surface area contributed by atoms with Crippen LogP contribution in [0.4, 0.5) is 0 Å². The van der Waals surface area contributed by atoms with Crippen molar-refractivity contribution in [2.75, 3.05) is 18.9 Å². The van der Waals surface area contributed by atoms with Crippen LogP contribution in [0.2, 0.25) is 0 Å². The Bertz CT molecular complexity index is 623. The molecular formula is C11H14N2O4S2. The summed E-state index contributed by atoms with van der Waals surface area (Å²) < 4.78 is 21.4. The van der Waals surface area contributed by atoms with Gasteiger partial charge in [-0.2, -0.15) is 0 Å². The summed E-state index contributed by atoms with van der Waals surface area (Å²) in [6.07, 6.45) is 0. The fourth-order valence-electron chi connectivity index (χ4n) is 1.23. The van der Waals surface area contributed by atoms with Crippen LogP contribution in [0.25, 0.3) is 0 Å². The van der Waals surface area contributed by atoms with Crippen molar-refractivity contribution in [2.45, 2.75) is 6.92 Å². The van der Waals surface area contributed by atoms with Gasteiger partial charge >= 0.3 is 0 Å². The molecule has 1 rings (SSSR count). The summed E-state index contributed by atoms with van der Waals surface area (Å²) in [7, 11) is -3.58. The van der Waals surface area contributed by atoms with Crippen molar-refractivity contribution < 1.29 is 18.3 Å². The van der Waals surface area contributed by atoms with Crippen LogP contribution in [-0.2, 0) is 10.0 Å². The first kappa shape index (κ1) is 15.7. The molecule has 0 spiro atoms. The van der Waals surface area contributed by atoms with Crippen molar-refractivity contribution in [2.24, 2.45) is 5.14 Å². The number of aliphatic hydroxyl groups is 1. The van der Waals surface area contributed by atoms with Crippen molar-refractivity contribution in [1.29, 1.82) is 0 Å². The van der Waals surface area contributed by atoms with Gasteiger partial charge in [-0.15, -0.1) is 11.3 Å². The number of nitrogens with two attached hydrogens (primary N) is 1. The monoisotopic (exact) mass is 302 g/mol. The molecule has 0 bridgehead atoms. The Kier molecular flexibility index (Phi) is 5.50. The molecule has 0 saturated carbocycles. The lowest BCUT2D eigenvalue weighted by molar-refractivity contribution is 0.0960. The largest absolute Gasteiger partial charge is 0.384 e. The highest BCUT2D eigenvalue weighted by Gasteiger charge is 2.12. The van der Waals surface area contributed by atoms with Gasteiger partial charge in [0.1, 0.15) is 6.61 Å². The highest BCUT2D eigenvalue weighted by molar-refractivity contribution is 7.89. The third-order valence-electron chi connectivity index (χ3n) is 2.09. The van der Waals surface area contributed by atoms with E-state index in [4.69, 9.17) is 10.2 Å². The fourth-order valence-corrected chi connectivity index (χ4v) is 2.58. The molecule has 6 nitrogen and oxygen atoms in total. The Morgan fingerprint density at radius 1 is 1.58 bits per heavy atom. The van der Waals surface area contributed by atoms with Crippen molar-refractivity contribution in [3.8, 4) is 11.8 Å². The van der Waals surface area contributed by atoms with Crippen LogP contribution in [0.15, 0.2) is 6.07 Å². The number of amides is 1. The summed E-state index contributed by atoms with van der Waals surface area (Å²) in [6.45, 7) is 1.53. The Labute approximate surface area is 115 Å². The van der Waals surface area contributed by atoms with Gasteiger partial charge in [-0.25, -0.2) is 13.6 Å². The Morgan fingerprint density at radius 3 is 2.84 bits per heavy atom. The minimum Gasteiger partial charge on any atom is -0.384 e. The van der Waals surface area contributed by atoms with Crippen LogP contribution in [0.5, 0.6) is 0 Å². The van der Waals surface area contributed by atoms with E-state index in [1.54, 1.807) is 13.0 Å². The molecule has 8 heteroatoms. The number of hydrogen-bond donors (Lipinski definition) is 3. The van der Waals surface area contributed by atoms with Crippen LogP contribution in [0.3, 0.4) is 0 Å². The molecule has 0 aliphatic rings.